The minimum atomic E-state index is -0.686. The zero-order chi connectivity index (χ0) is 27.0. The molecule has 2 aromatic rings. The van der Waals surface area contributed by atoms with Crippen LogP contribution in [0, 0.1) is 16.0 Å². The topological polar surface area (TPSA) is 89.8 Å². The van der Waals surface area contributed by atoms with Crippen molar-refractivity contribution in [2.24, 2.45) is 5.92 Å². The maximum Gasteiger partial charge on any atom is 0.345 e. The molecule has 2 rings (SSSR count). The Morgan fingerprint density at radius 3 is 2.00 bits per heavy atom. The summed E-state index contributed by atoms with van der Waals surface area (Å²) in [7, 11) is 0. The summed E-state index contributed by atoms with van der Waals surface area (Å²) < 4.78 is 6.67. The van der Waals surface area contributed by atoms with Gasteiger partial charge < -0.3 is 4.74 Å². The number of carbonyl (C=O) groups is 2. The molecule has 0 bridgehead atoms. The van der Waals surface area contributed by atoms with Crippen molar-refractivity contribution in [3.8, 4) is 0 Å². The maximum absolute atomic E-state index is 12.9. The van der Waals surface area contributed by atoms with Crippen LogP contribution in [0.2, 0.25) is 0 Å². The molecular formula is C29H40N2O5S. The normalized spacial score (nSPS) is 11.6. The number of para-hydroxylation sites is 2. The molecule has 1 unspecified atom stereocenters. The standard InChI is InChI=1S/C29H40N2O5S/c1-3-5-7-9-10-12-16-23(15-11-8-6-4-2)28(32)36-29(33)24-19-21-25(22-20-24)30(37)26-17-13-14-18-27(26)31(34)35/h13-14,17-23,37H,3-12,15-16H2,1-2H3. The van der Waals surface area contributed by atoms with Crippen LogP contribution in [0.25, 0.3) is 0 Å². The van der Waals surface area contributed by atoms with E-state index in [9.17, 15) is 19.7 Å². The molecular weight excluding hydrogens is 488 g/mol. The second-order valence-electron chi connectivity index (χ2n) is 9.42. The second-order valence-corrected chi connectivity index (χ2v) is 9.82. The van der Waals surface area contributed by atoms with Gasteiger partial charge in [-0.15, -0.1) is 0 Å². The lowest BCUT2D eigenvalue weighted by molar-refractivity contribution is -0.384. The minimum Gasteiger partial charge on any atom is -0.389 e. The van der Waals surface area contributed by atoms with E-state index < -0.39 is 16.9 Å². The van der Waals surface area contributed by atoms with Gasteiger partial charge in [-0.25, -0.2) is 4.79 Å². The molecule has 0 aliphatic heterocycles. The van der Waals surface area contributed by atoms with Crippen molar-refractivity contribution in [1.29, 1.82) is 0 Å². The SMILES string of the molecule is CCCCCCCCC(CCCCCC)C(=O)OC(=O)c1ccc(N(S)c2ccccc2[N+](=O)[O-])cc1. The maximum atomic E-state index is 12.9. The third-order valence-electron chi connectivity index (χ3n) is 6.49. The molecule has 0 heterocycles. The summed E-state index contributed by atoms with van der Waals surface area (Å²) in [6.45, 7) is 4.34. The average molecular weight is 529 g/mol. The van der Waals surface area contributed by atoms with Crippen LogP contribution in [-0.4, -0.2) is 16.9 Å². The summed E-state index contributed by atoms with van der Waals surface area (Å²) >= 11 is 4.41. The Bertz CT molecular complexity index is 996. The van der Waals surface area contributed by atoms with Gasteiger partial charge >= 0.3 is 11.9 Å². The van der Waals surface area contributed by atoms with Gasteiger partial charge in [0.15, 0.2) is 0 Å². The van der Waals surface area contributed by atoms with Crippen molar-refractivity contribution < 1.29 is 19.2 Å². The number of nitro benzene ring substituents is 1. The van der Waals surface area contributed by atoms with Crippen molar-refractivity contribution in [1.82, 2.24) is 0 Å². The minimum absolute atomic E-state index is 0.0816. The highest BCUT2D eigenvalue weighted by molar-refractivity contribution is 7.82. The van der Waals surface area contributed by atoms with Crippen LogP contribution >= 0.6 is 12.8 Å². The van der Waals surface area contributed by atoms with Crippen molar-refractivity contribution in [2.75, 3.05) is 4.31 Å². The Kier molecular flexibility index (Phi) is 13.8. The lowest BCUT2D eigenvalue weighted by atomic mass is 9.94. The summed E-state index contributed by atoms with van der Waals surface area (Å²) in [6, 6.07) is 12.6. The molecule has 0 spiro atoms. The van der Waals surface area contributed by atoms with E-state index in [0.29, 0.717) is 11.4 Å². The Morgan fingerprint density at radius 1 is 0.865 bits per heavy atom. The molecule has 1 atom stereocenters. The van der Waals surface area contributed by atoms with Crippen molar-refractivity contribution >= 4 is 41.8 Å². The monoisotopic (exact) mass is 528 g/mol. The molecule has 0 amide bonds. The number of carbonyl (C=O) groups excluding carboxylic acids is 2. The number of hydrogen-bond acceptors (Lipinski definition) is 7. The van der Waals surface area contributed by atoms with Gasteiger partial charge in [0, 0.05) is 6.07 Å². The first-order valence-corrected chi connectivity index (χ1v) is 13.9. The zero-order valence-corrected chi connectivity index (χ0v) is 23.0. The first-order chi connectivity index (χ1) is 17.9. The Hall–Kier alpha value is -2.87. The average Bonchev–Trinajstić information content (AvgIpc) is 2.91. The predicted octanol–water partition coefficient (Wildman–Crippen LogP) is 8.60. The summed E-state index contributed by atoms with van der Waals surface area (Å²) in [4.78, 5) is 36.5. The van der Waals surface area contributed by atoms with Crippen LogP contribution < -0.4 is 4.31 Å². The number of hydrogen-bond donors (Lipinski definition) is 1. The zero-order valence-electron chi connectivity index (χ0n) is 22.1. The quantitative estimate of drug-likeness (QED) is 0.0552. The van der Waals surface area contributed by atoms with Crippen LogP contribution in [0.5, 0.6) is 0 Å². The number of ether oxygens (including phenoxy) is 1. The number of benzene rings is 2. The Labute approximate surface area is 226 Å². The molecule has 0 saturated carbocycles. The number of nitro groups is 1. The fourth-order valence-corrected chi connectivity index (χ4v) is 4.58. The van der Waals surface area contributed by atoms with Gasteiger partial charge in [-0.05, 0) is 43.2 Å². The van der Waals surface area contributed by atoms with E-state index in [4.69, 9.17) is 4.74 Å². The van der Waals surface area contributed by atoms with Gasteiger partial charge in [0.2, 0.25) is 0 Å². The fraction of sp³-hybridized carbons (Fsp3) is 0.517. The molecule has 0 radical (unpaired) electrons. The Balaban J connectivity index is 1.99. The van der Waals surface area contributed by atoms with Crippen LogP contribution in [0.1, 0.15) is 101 Å². The highest BCUT2D eigenvalue weighted by atomic mass is 32.1. The number of esters is 2. The summed E-state index contributed by atoms with van der Waals surface area (Å²) in [5, 5.41) is 11.3. The smallest absolute Gasteiger partial charge is 0.345 e. The molecule has 0 saturated heterocycles. The molecule has 8 heteroatoms. The molecule has 0 aliphatic carbocycles. The fourth-order valence-electron chi connectivity index (χ4n) is 4.28. The highest BCUT2D eigenvalue weighted by Gasteiger charge is 2.23. The molecule has 37 heavy (non-hydrogen) atoms. The first kappa shape index (κ1) is 30.4. The second kappa shape index (κ2) is 16.8. The summed E-state index contributed by atoms with van der Waals surface area (Å²) in [5.41, 5.74) is 1.01. The van der Waals surface area contributed by atoms with Crippen molar-refractivity contribution in [3.05, 3.63) is 64.2 Å². The lowest BCUT2D eigenvalue weighted by Crippen LogP contribution is -2.22. The van der Waals surface area contributed by atoms with Crippen LogP contribution in [0.3, 0.4) is 0 Å². The number of nitrogens with zero attached hydrogens (tertiary/aromatic N) is 2. The third-order valence-corrected chi connectivity index (χ3v) is 6.94. The van der Waals surface area contributed by atoms with E-state index in [-0.39, 0.29) is 17.2 Å². The number of unbranched alkanes of at least 4 members (excludes halogenated alkanes) is 8. The van der Waals surface area contributed by atoms with Crippen molar-refractivity contribution in [3.63, 3.8) is 0 Å². The van der Waals surface area contributed by atoms with E-state index in [1.165, 1.54) is 48.2 Å². The van der Waals surface area contributed by atoms with E-state index in [0.717, 1.165) is 51.4 Å². The number of anilines is 2. The van der Waals surface area contributed by atoms with E-state index in [1.54, 1.807) is 30.3 Å². The number of thiol groups is 1. The highest BCUT2D eigenvalue weighted by Crippen LogP contribution is 2.35. The van der Waals surface area contributed by atoms with Gasteiger partial charge in [0.1, 0.15) is 5.69 Å². The third kappa shape index (κ3) is 10.2. The molecule has 7 nitrogen and oxygen atoms in total. The van der Waals surface area contributed by atoms with Gasteiger partial charge in [0.25, 0.3) is 5.69 Å². The summed E-state index contributed by atoms with van der Waals surface area (Å²) in [6.07, 6.45) is 12.7. The predicted molar refractivity (Wildman–Crippen MR) is 151 cm³/mol. The molecule has 0 aliphatic rings. The molecule has 0 aromatic heterocycles. The Morgan fingerprint density at radius 2 is 1.41 bits per heavy atom. The van der Waals surface area contributed by atoms with Crippen LogP contribution in [0.15, 0.2) is 48.5 Å². The van der Waals surface area contributed by atoms with E-state index >= 15 is 0 Å². The van der Waals surface area contributed by atoms with Gasteiger partial charge in [-0.2, -0.15) is 0 Å². The lowest BCUT2D eigenvalue weighted by Gasteiger charge is -2.18. The van der Waals surface area contributed by atoms with Gasteiger partial charge in [-0.3, -0.25) is 19.2 Å². The van der Waals surface area contributed by atoms with Gasteiger partial charge in [-0.1, -0.05) is 103 Å². The number of rotatable bonds is 17. The first-order valence-electron chi connectivity index (χ1n) is 13.5. The molecule has 0 N–H and O–H groups in total. The van der Waals surface area contributed by atoms with Gasteiger partial charge in [0.05, 0.1) is 22.1 Å². The van der Waals surface area contributed by atoms with Crippen LogP contribution in [-0.2, 0) is 9.53 Å². The molecule has 202 valence electrons. The van der Waals surface area contributed by atoms with Crippen LogP contribution in [0.4, 0.5) is 17.1 Å². The summed E-state index contributed by atoms with van der Waals surface area (Å²) in [5.74, 6) is -1.40. The van der Waals surface area contributed by atoms with Crippen molar-refractivity contribution in [2.45, 2.75) is 90.9 Å². The molecule has 2 aromatic carbocycles. The van der Waals surface area contributed by atoms with E-state index in [1.807, 2.05) is 0 Å². The largest absolute Gasteiger partial charge is 0.389 e. The molecule has 0 fully saturated rings. The van der Waals surface area contributed by atoms with E-state index in [2.05, 4.69) is 26.7 Å².